The minimum atomic E-state index is -0.0620. The number of aromatic nitrogens is 1. The molecule has 6 heteroatoms. The second-order valence-electron chi connectivity index (χ2n) is 5.37. The number of carbonyl (C=O) groups excluding carboxylic acids is 1. The number of pyridine rings is 1. The average molecular weight is 318 g/mol. The Kier molecular flexibility index (Phi) is 6.24. The maximum Gasteiger partial charge on any atom is 0.229 e. The molecular weight excluding hydrogens is 297 g/mol. The van der Waals surface area contributed by atoms with Crippen LogP contribution in [0.5, 0.6) is 0 Å². The van der Waals surface area contributed by atoms with Gasteiger partial charge in [0.1, 0.15) is 0 Å². The van der Waals surface area contributed by atoms with Crippen molar-refractivity contribution >= 4 is 30.7 Å². The van der Waals surface area contributed by atoms with Crippen LogP contribution in [0.25, 0.3) is 0 Å². The molecule has 0 aliphatic carbocycles. The van der Waals surface area contributed by atoms with Crippen LogP contribution >= 0.6 is 24.8 Å². The largest absolute Gasteiger partial charge is 0.338 e. The van der Waals surface area contributed by atoms with Gasteiger partial charge in [-0.2, -0.15) is 0 Å². The van der Waals surface area contributed by atoms with Crippen LogP contribution in [0.3, 0.4) is 0 Å². The molecule has 112 valence electrons. The third kappa shape index (κ3) is 3.25. The van der Waals surface area contributed by atoms with Crippen LogP contribution in [0, 0.1) is 5.41 Å². The molecule has 4 nitrogen and oxygen atoms in total. The molecule has 2 aliphatic rings. The van der Waals surface area contributed by atoms with Gasteiger partial charge in [-0.3, -0.25) is 9.78 Å². The van der Waals surface area contributed by atoms with Gasteiger partial charge < -0.3 is 10.2 Å². The Hall–Kier alpha value is -0.840. The van der Waals surface area contributed by atoms with Crippen LogP contribution in [0.15, 0.2) is 24.5 Å². The maximum atomic E-state index is 12.6. The highest BCUT2D eigenvalue weighted by Gasteiger charge is 2.46. The number of hydrogen-bond donors (Lipinski definition) is 1. The molecule has 1 amide bonds. The zero-order valence-electron chi connectivity index (χ0n) is 11.4. The SMILES string of the molecule is Cl.Cl.O=C1N(Cc2cccnc2)CCC12CCNCC2. The Morgan fingerprint density at radius 1 is 1.25 bits per heavy atom. The Balaban J connectivity index is 0.000001000. The van der Waals surface area contributed by atoms with E-state index < -0.39 is 0 Å². The molecule has 1 aromatic rings. The summed E-state index contributed by atoms with van der Waals surface area (Å²) in [5, 5.41) is 3.34. The molecule has 0 unspecified atom stereocenters. The highest BCUT2D eigenvalue weighted by Crippen LogP contribution is 2.40. The second kappa shape index (κ2) is 7.25. The standard InChI is InChI=1S/C14H19N3O.2ClH/c18-13-14(3-7-15-8-4-14)5-9-17(13)11-12-2-1-6-16-10-12;;/h1-2,6,10,15H,3-5,7-9,11H2;2*1H. The van der Waals surface area contributed by atoms with Crippen molar-refractivity contribution in [3.8, 4) is 0 Å². The number of carbonyl (C=O) groups is 1. The first kappa shape index (κ1) is 17.2. The highest BCUT2D eigenvalue weighted by molar-refractivity contribution is 5.86. The summed E-state index contributed by atoms with van der Waals surface area (Å²) in [6.45, 7) is 3.56. The van der Waals surface area contributed by atoms with Crippen molar-refractivity contribution in [1.29, 1.82) is 0 Å². The lowest BCUT2D eigenvalue weighted by Crippen LogP contribution is -2.42. The Morgan fingerprint density at radius 3 is 2.65 bits per heavy atom. The van der Waals surface area contributed by atoms with Gasteiger partial charge in [-0.15, -0.1) is 24.8 Å². The van der Waals surface area contributed by atoms with Gasteiger partial charge in [-0.1, -0.05) is 6.07 Å². The van der Waals surface area contributed by atoms with Gasteiger partial charge in [0.15, 0.2) is 0 Å². The second-order valence-corrected chi connectivity index (χ2v) is 5.37. The summed E-state index contributed by atoms with van der Waals surface area (Å²) in [6.07, 6.45) is 6.63. The van der Waals surface area contributed by atoms with Gasteiger partial charge in [0.2, 0.25) is 5.91 Å². The predicted molar refractivity (Wildman–Crippen MR) is 83.3 cm³/mol. The number of nitrogens with zero attached hydrogens (tertiary/aromatic N) is 2. The highest BCUT2D eigenvalue weighted by atomic mass is 35.5. The van der Waals surface area contributed by atoms with E-state index >= 15 is 0 Å². The monoisotopic (exact) mass is 317 g/mol. The molecule has 20 heavy (non-hydrogen) atoms. The lowest BCUT2D eigenvalue weighted by Gasteiger charge is -2.32. The van der Waals surface area contributed by atoms with Crippen molar-refractivity contribution in [3.63, 3.8) is 0 Å². The third-order valence-corrected chi connectivity index (χ3v) is 4.26. The van der Waals surface area contributed by atoms with Crippen molar-refractivity contribution in [1.82, 2.24) is 15.2 Å². The first-order chi connectivity index (χ1) is 8.80. The van der Waals surface area contributed by atoms with Gasteiger partial charge in [-0.05, 0) is 44.0 Å². The molecule has 0 atom stereocenters. The summed E-state index contributed by atoms with van der Waals surface area (Å²) in [7, 11) is 0. The van der Waals surface area contributed by atoms with E-state index in [0.29, 0.717) is 12.5 Å². The number of amides is 1. The fraction of sp³-hybridized carbons (Fsp3) is 0.571. The quantitative estimate of drug-likeness (QED) is 0.907. The number of hydrogen-bond acceptors (Lipinski definition) is 3. The van der Waals surface area contributed by atoms with Gasteiger partial charge in [0, 0.05) is 25.5 Å². The molecule has 3 rings (SSSR count). The molecule has 0 aromatic carbocycles. The number of rotatable bonds is 2. The molecule has 2 fully saturated rings. The number of nitrogens with one attached hydrogen (secondary N) is 1. The van der Waals surface area contributed by atoms with Crippen molar-refractivity contribution in [3.05, 3.63) is 30.1 Å². The number of halogens is 2. The summed E-state index contributed by atoms with van der Waals surface area (Å²) in [5.74, 6) is 0.354. The number of piperidine rings is 1. The lowest BCUT2D eigenvalue weighted by atomic mass is 9.78. The Morgan fingerprint density at radius 2 is 2.00 bits per heavy atom. The molecule has 1 spiro atoms. The van der Waals surface area contributed by atoms with E-state index in [2.05, 4.69) is 10.3 Å². The first-order valence-corrected chi connectivity index (χ1v) is 6.69. The van der Waals surface area contributed by atoms with E-state index in [9.17, 15) is 4.79 Å². The van der Waals surface area contributed by atoms with Gasteiger partial charge in [0.25, 0.3) is 0 Å². The normalized spacial score (nSPS) is 20.4. The van der Waals surface area contributed by atoms with Crippen LogP contribution in [0.4, 0.5) is 0 Å². The summed E-state index contributed by atoms with van der Waals surface area (Å²) in [4.78, 5) is 18.7. The summed E-state index contributed by atoms with van der Waals surface area (Å²) in [5.41, 5.74) is 1.06. The summed E-state index contributed by atoms with van der Waals surface area (Å²) in [6, 6.07) is 3.96. The van der Waals surface area contributed by atoms with E-state index in [1.54, 1.807) is 6.20 Å². The van der Waals surface area contributed by atoms with E-state index in [-0.39, 0.29) is 30.2 Å². The van der Waals surface area contributed by atoms with Crippen molar-refractivity contribution < 1.29 is 4.79 Å². The molecule has 2 aliphatic heterocycles. The van der Waals surface area contributed by atoms with Gasteiger partial charge in [0.05, 0.1) is 5.41 Å². The van der Waals surface area contributed by atoms with E-state index in [4.69, 9.17) is 0 Å². The average Bonchev–Trinajstić information content (AvgIpc) is 2.71. The minimum Gasteiger partial charge on any atom is -0.338 e. The lowest BCUT2D eigenvalue weighted by molar-refractivity contribution is -0.137. The molecule has 0 saturated carbocycles. The zero-order chi connectivity index (χ0) is 12.4. The molecule has 1 aromatic heterocycles. The van der Waals surface area contributed by atoms with Crippen LogP contribution in [-0.4, -0.2) is 35.4 Å². The summed E-state index contributed by atoms with van der Waals surface area (Å²) >= 11 is 0. The van der Waals surface area contributed by atoms with Crippen molar-refractivity contribution in [2.45, 2.75) is 25.8 Å². The smallest absolute Gasteiger partial charge is 0.229 e. The fourth-order valence-corrected chi connectivity index (χ4v) is 3.12. The van der Waals surface area contributed by atoms with Gasteiger partial charge >= 0.3 is 0 Å². The Labute approximate surface area is 132 Å². The van der Waals surface area contributed by atoms with E-state index in [1.165, 1.54) is 0 Å². The van der Waals surface area contributed by atoms with Crippen LogP contribution in [-0.2, 0) is 11.3 Å². The Bertz CT molecular complexity index is 435. The predicted octanol–water partition coefficient (Wildman–Crippen LogP) is 2.03. The van der Waals surface area contributed by atoms with Crippen molar-refractivity contribution in [2.75, 3.05) is 19.6 Å². The van der Waals surface area contributed by atoms with E-state index in [1.807, 2.05) is 23.2 Å². The molecule has 0 bridgehead atoms. The first-order valence-electron chi connectivity index (χ1n) is 6.69. The molecular formula is C14H21Cl2N3O. The van der Waals surface area contributed by atoms with Crippen LogP contribution in [0.2, 0.25) is 0 Å². The van der Waals surface area contributed by atoms with Crippen LogP contribution < -0.4 is 5.32 Å². The fourth-order valence-electron chi connectivity index (χ4n) is 3.12. The third-order valence-electron chi connectivity index (χ3n) is 4.26. The van der Waals surface area contributed by atoms with Crippen LogP contribution in [0.1, 0.15) is 24.8 Å². The van der Waals surface area contributed by atoms with E-state index in [0.717, 1.165) is 44.5 Å². The molecule has 3 heterocycles. The molecule has 2 saturated heterocycles. The van der Waals surface area contributed by atoms with Crippen molar-refractivity contribution in [2.24, 2.45) is 5.41 Å². The molecule has 1 N–H and O–H groups in total. The molecule has 0 radical (unpaired) electrons. The minimum absolute atomic E-state index is 0. The zero-order valence-corrected chi connectivity index (χ0v) is 13.0. The van der Waals surface area contributed by atoms with Gasteiger partial charge in [-0.25, -0.2) is 0 Å². The topological polar surface area (TPSA) is 45.2 Å². The number of likely N-dealkylation sites (tertiary alicyclic amines) is 1. The maximum absolute atomic E-state index is 12.6. The summed E-state index contributed by atoms with van der Waals surface area (Å²) < 4.78 is 0.